The van der Waals surface area contributed by atoms with Crippen molar-refractivity contribution in [3.8, 4) is 6.07 Å². The van der Waals surface area contributed by atoms with E-state index in [1.54, 1.807) is 0 Å². The molecule has 11 heavy (non-hydrogen) atoms. The van der Waals surface area contributed by atoms with Crippen LogP contribution in [-0.4, -0.2) is 0 Å². The summed E-state index contributed by atoms with van der Waals surface area (Å²) in [5.74, 6) is 0.900. The smallest absolute Gasteiger partial charge is 0.0689 e. The van der Waals surface area contributed by atoms with Gasteiger partial charge < -0.3 is 0 Å². The molecule has 2 aliphatic carbocycles. The molecule has 0 saturated heterocycles. The number of nitriles is 1. The number of fused-ring (bicyclic) bond motifs is 2. The van der Waals surface area contributed by atoms with Crippen molar-refractivity contribution in [1.29, 1.82) is 5.26 Å². The van der Waals surface area contributed by atoms with Crippen LogP contribution < -0.4 is 0 Å². The summed E-state index contributed by atoms with van der Waals surface area (Å²) in [6, 6.07) is 2.55. The Kier molecular flexibility index (Phi) is 1.64. The van der Waals surface area contributed by atoms with Gasteiger partial charge in [-0.3, -0.25) is 0 Å². The zero-order chi connectivity index (χ0) is 7.73. The highest BCUT2D eigenvalue weighted by molar-refractivity contribution is 5.04. The number of nitrogens with zero attached hydrogens (tertiary/aromatic N) is 1. The highest BCUT2D eigenvalue weighted by atomic mass is 14.5. The normalized spacial score (nSPS) is 43.0. The third-order valence-corrected chi connectivity index (χ3v) is 3.45. The summed E-state index contributed by atoms with van der Waals surface area (Å²) in [6.07, 6.45) is 8.97. The number of hydrogen-bond acceptors (Lipinski definition) is 1. The Morgan fingerprint density at radius 1 is 1.18 bits per heavy atom. The van der Waals surface area contributed by atoms with Crippen molar-refractivity contribution in [2.75, 3.05) is 0 Å². The Morgan fingerprint density at radius 3 is 2.27 bits per heavy atom. The summed E-state index contributed by atoms with van der Waals surface area (Å²) in [7, 11) is 0. The van der Waals surface area contributed by atoms with E-state index in [9.17, 15) is 0 Å². The molecule has 0 radical (unpaired) electrons. The van der Waals surface area contributed by atoms with E-state index in [-0.39, 0.29) is 5.41 Å². The Labute approximate surface area is 68.4 Å². The molecule has 1 nitrogen and oxygen atoms in total. The molecule has 60 valence electrons. The Bertz CT molecular complexity index is 180. The molecule has 1 heteroatoms. The summed E-state index contributed by atoms with van der Waals surface area (Å²) in [4.78, 5) is 0. The molecular formula is C10H15N. The van der Waals surface area contributed by atoms with Crippen molar-refractivity contribution >= 4 is 0 Å². The zero-order valence-electron chi connectivity index (χ0n) is 6.97. The van der Waals surface area contributed by atoms with Gasteiger partial charge in [0.2, 0.25) is 0 Å². The van der Waals surface area contributed by atoms with Gasteiger partial charge in [0.1, 0.15) is 0 Å². The van der Waals surface area contributed by atoms with Gasteiger partial charge in [0.15, 0.2) is 0 Å². The maximum Gasteiger partial charge on any atom is 0.0689 e. The van der Waals surface area contributed by atoms with Crippen LogP contribution in [0.4, 0.5) is 0 Å². The topological polar surface area (TPSA) is 23.8 Å². The molecule has 2 aliphatic rings. The summed E-state index contributed by atoms with van der Waals surface area (Å²) < 4.78 is 0. The third-order valence-electron chi connectivity index (χ3n) is 3.45. The third kappa shape index (κ3) is 1.15. The molecule has 0 aromatic heterocycles. The Balaban J connectivity index is 2.15. The fourth-order valence-corrected chi connectivity index (χ4v) is 2.85. The van der Waals surface area contributed by atoms with Crippen molar-refractivity contribution in [2.24, 2.45) is 11.3 Å². The average Bonchev–Trinajstić information content (AvgIpc) is 2.05. The van der Waals surface area contributed by atoms with Crippen LogP contribution in [0.1, 0.15) is 44.9 Å². The molecule has 0 unspecified atom stereocenters. The lowest BCUT2D eigenvalue weighted by Gasteiger charge is -2.40. The maximum atomic E-state index is 9.04. The lowest BCUT2D eigenvalue weighted by Crippen LogP contribution is -2.31. The van der Waals surface area contributed by atoms with Gasteiger partial charge in [0, 0.05) is 0 Å². The second kappa shape index (κ2) is 2.52. The van der Waals surface area contributed by atoms with Crippen LogP contribution in [0.3, 0.4) is 0 Å². The first-order chi connectivity index (χ1) is 5.35. The monoisotopic (exact) mass is 149 g/mol. The molecular weight excluding hydrogens is 134 g/mol. The molecule has 2 fully saturated rings. The van der Waals surface area contributed by atoms with Crippen molar-refractivity contribution in [3.63, 3.8) is 0 Å². The number of rotatable bonds is 0. The summed E-state index contributed by atoms with van der Waals surface area (Å²) in [5.41, 5.74) is 0.126. The lowest BCUT2D eigenvalue weighted by molar-refractivity contribution is 0.130. The zero-order valence-corrected chi connectivity index (χ0v) is 6.97. The molecule has 0 aromatic rings. The van der Waals surface area contributed by atoms with E-state index in [1.165, 1.54) is 44.9 Å². The second-order valence-electron chi connectivity index (χ2n) is 4.25. The van der Waals surface area contributed by atoms with Gasteiger partial charge >= 0.3 is 0 Å². The van der Waals surface area contributed by atoms with Gasteiger partial charge in [-0.2, -0.15) is 5.26 Å². The average molecular weight is 149 g/mol. The van der Waals surface area contributed by atoms with E-state index in [4.69, 9.17) is 5.26 Å². The van der Waals surface area contributed by atoms with Crippen LogP contribution in [-0.2, 0) is 0 Å². The molecule has 0 heterocycles. The molecule has 0 aliphatic heterocycles. The minimum Gasteiger partial charge on any atom is -0.198 e. The van der Waals surface area contributed by atoms with E-state index in [0.29, 0.717) is 0 Å². The van der Waals surface area contributed by atoms with Gasteiger partial charge in [0.05, 0.1) is 11.5 Å². The van der Waals surface area contributed by atoms with Gasteiger partial charge in [0.25, 0.3) is 0 Å². The molecule has 0 aromatic carbocycles. The highest BCUT2D eigenvalue weighted by Crippen LogP contribution is 2.48. The van der Waals surface area contributed by atoms with Crippen molar-refractivity contribution in [3.05, 3.63) is 0 Å². The Morgan fingerprint density at radius 2 is 1.82 bits per heavy atom. The molecule has 0 amide bonds. The first-order valence-electron chi connectivity index (χ1n) is 4.76. The predicted octanol–water partition coefficient (Wildman–Crippen LogP) is 2.87. The largest absolute Gasteiger partial charge is 0.198 e. The highest BCUT2D eigenvalue weighted by Gasteiger charge is 2.39. The minimum atomic E-state index is 0.126. The standard InChI is InChI=1S/C10H15N/c11-8-10-5-1-3-9(7-10)4-2-6-10/h9H,1-7H2. The Hall–Kier alpha value is -0.510. The lowest BCUT2D eigenvalue weighted by atomic mass is 9.63. The predicted molar refractivity (Wildman–Crippen MR) is 43.9 cm³/mol. The maximum absolute atomic E-state index is 9.04. The van der Waals surface area contributed by atoms with Gasteiger partial charge in [-0.15, -0.1) is 0 Å². The molecule has 0 spiro atoms. The summed E-state index contributed by atoms with van der Waals surface area (Å²) >= 11 is 0. The quantitative estimate of drug-likeness (QED) is 0.519. The molecule has 0 atom stereocenters. The first kappa shape index (κ1) is 7.16. The number of hydrogen-bond donors (Lipinski definition) is 0. The van der Waals surface area contributed by atoms with Crippen LogP contribution in [0, 0.1) is 22.7 Å². The summed E-state index contributed by atoms with van der Waals surface area (Å²) in [5, 5.41) is 9.04. The van der Waals surface area contributed by atoms with E-state index in [2.05, 4.69) is 6.07 Å². The molecule has 2 saturated carbocycles. The van der Waals surface area contributed by atoms with Crippen molar-refractivity contribution in [1.82, 2.24) is 0 Å². The fourth-order valence-electron chi connectivity index (χ4n) is 2.85. The summed E-state index contributed by atoms with van der Waals surface area (Å²) in [6.45, 7) is 0. The molecule has 2 rings (SSSR count). The van der Waals surface area contributed by atoms with Gasteiger partial charge in [-0.1, -0.05) is 25.7 Å². The van der Waals surface area contributed by atoms with E-state index >= 15 is 0 Å². The van der Waals surface area contributed by atoms with Crippen LogP contribution in [0.2, 0.25) is 0 Å². The SMILES string of the molecule is N#CC12CCCC(CCC1)C2. The van der Waals surface area contributed by atoms with Crippen LogP contribution in [0.5, 0.6) is 0 Å². The van der Waals surface area contributed by atoms with Gasteiger partial charge in [-0.05, 0) is 25.2 Å². The van der Waals surface area contributed by atoms with Crippen molar-refractivity contribution in [2.45, 2.75) is 44.9 Å². The van der Waals surface area contributed by atoms with E-state index in [1.807, 2.05) is 0 Å². The molecule has 2 bridgehead atoms. The van der Waals surface area contributed by atoms with Crippen molar-refractivity contribution < 1.29 is 0 Å². The second-order valence-corrected chi connectivity index (χ2v) is 4.25. The van der Waals surface area contributed by atoms with E-state index < -0.39 is 0 Å². The molecule has 0 N–H and O–H groups in total. The van der Waals surface area contributed by atoms with Crippen LogP contribution in [0.15, 0.2) is 0 Å². The van der Waals surface area contributed by atoms with Crippen LogP contribution >= 0.6 is 0 Å². The van der Waals surface area contributed by atoms with Crippen LogP contribution in [0.25, 0.3) is 0 Å². The van der Waals surface area contributed by atoms with Gasteiger partial charge in [-0.25, -0.2) is 0 Å². The first-order valence-corrected chi connectivity index (χ1v) is 4.76. The minimum absolute atomic E-state index is 0.126. The fraction of sp³-hybridized carbons (Fsp3) is 0.900. The van der Waals surface area contributed by atoms with E-state index in [0.717, 1.165) is 5.92 Å².